The van der Waals surface area contributed by atoms with Crippen LogP contribution in [0.3, 0.4) is 0 Å². The number of methoxy groups -OCH3 is 1. The number of fused-ring (bicyclic) bond motifs is 1. The van der Waals surface area contributed by atoms with Gasteiger partial charge >= 0.3 is 0 Å². The summed E-state index contributed by atoms with van der Waals surface area (Å²) in [7, 11) is 1.49. The molecule has 0 bridgehead atoms. The van der Waals surface area contributed by atoms with Crippen molar-refractivity contribution >= 4 is 39.9 Å². The van der Waals surface area contributed by atoms with Crippen LogP contribution in [0.2, 0.25) is 5.15 Å². The lowest BCUT2D eigenvalue weighted by molar-refractivity contribution is 0.0750. The number of rotatable bonds is 6. The molecule has 200 valence electrons. The minimum absolute atomic E-state index is 0.0403. The highest BCUT2D eigenvalue weighted by Gasteiger charge is 2.29. The van der Waals surface area contributed by atoms with Crippen molar-refractivity contribution in [3.8, 4) is 16.9 Å². The van der Waals surface area contributed by atoms with Crippen LogP contribution in [0.1, 0.15) is 49.0 Å². The number of thiazole rings is 1. The number of carbonyl (C=O) groups is 2. The molecule has 1 N–H and O–H groups in total. The Bertz CT molecular complexity index is 1590. The first-order chi connectivity index (χ1) is 18.6. The van der Waals surface area contributed by atoms with Crippen molar-refractivity contribution in [3.05, 3.63) is 86.7 Å². The molecular weight excluding hydrogens is 555 g/mol. The first-order valence-corrected chi connectivity index (χ1v) is 12.7. The van der Waals surface area contributed by atoms with Crippen LogP contribution in [-0.2, 0) is 13.1 Å². The molecule has 39 heavy (non-hydrogen) atoms. The van der Waals surface area contributed by atoms with Crippen molar-refractivity contribution in [3.63, 3.8) is 0 Å². The van der Waals surface area contributed by atoms with Gasteiger partial charge in [0.1, 0.15) is 16.7 Å². The molecule has 0 fully saturated rings. The SMILES string of the molecule is COc1cnc(Cl)cc1-c1cc(C)ncc1C(=O)Nc1nc2c(s1)CN(C(=O)c1ccc(F)c(C(F)F)c1)C2. The fourth-order valence-electron chi connectivity index (χ4n) is 4.18. The molecule has 0 atom stereocenters. The van der Waals surface area contributed by atoms with E-state index in [-0.39, 0.29) is 29.4 Å². The number of ether oxygens (including phenoxy) is 1. The lowest BCUT2D eigenvalue weighted by atomic mass is 10.0. The van der Waals surface area contributed by atoms with Gasteiger partial charge in [0.15, 0.2) is 5.13 Å². The maximum absolute atomic E-state index is 13.6. The van der Waals surface area contributed by atoms with Crippen molar-refractivity contribution < 1.29 is 27.5 Å². The van der Waals surface area contributed by atoms with Crippen molar-refractivity contribution in [2.24, 2.45) is 0 Å². The normalized spacial score (nSPS) is 12.5. The van der Waals surface area contributed by atoms with Gasteiger partial charge in [-0.25, -0.2) is 23.1 Å². The summed E-state index contributed by atoms with van der Waals surface area (Å²) in [6.45, 7) is 2.08. The Hall–Kier alpha value is -4.03. The van der Waals surface area contributed by atoms with E-state index in [0.717, 1.165) is 17.0 Å². The highest BCUT2D eigenvalue weighted by atomic mass is 35.5. The molecule has 0 unspecified atom stereocenters. The fourth-order valence-corrected chi connectivity index (χ4v) is 5.32. The first kappa shape index (κ1) is 26.6. The molecule has 13 heteroatoms. The third-order valence-electron chi connectivity index (χ3n) is 6.07. The van der Waals surface area contributed by atoms with E-state index in [2.05, 4.69) is 20.3 Å². The summed E-state index contributed by atoms with van der Waals surface area (Å²) in [5, 5.41) is 3.34. The van der Waals surface area contributed by atoms with Crippen LogP contribution in [0.15, 0.2) is 42.7 Å². The molecule has 5 rings (SSSR count). The number of nitrogens with one attached hydrogen (secondary N) is 1. The van der Waals surface area contributed by atoms with Gasteiger partial charge in [-0.2, -0.15) is 0 Å². The second-order valence-corrected chi connectivity index (χ2v) is 10.1. The summed E-state index contributed by atoms with van der Waals surface area (Å²) >= 11 is 7.29. The number of anilines is 1. The van der Waals surface area contributed by atoms with Crippen molar-refractivity contribution in [1.82, 2.24) is 19.9 Å². The molecule has 1 aromatic carbocycles. The molecule has 4 heterocycles. The number of nitrogens with zero attached hydrogens (tertiary/aromatic N) is 4. The minimum Gasteiger partial charge on any atom is -0.494 e. The Morgan fingerprint density at radius 1 is 1.13 bits per heavy atom. The number of hydrogen-bond acceptors (Lipinski definition) is 7. The quantitative estimate of drug-likeness (QED) is 0.282. The molecule has 3 aromatic heterocycles. The highest BCUT2D eigenvalue weighted by Crippen LogP contribution is 2.36. The third-order valence-corrected chi connectivity index (χ3v) is 7.27. The lowest BCUT2D eigenvalue weighted by Gasteiger charge is -2.16. The summed E-state index contributed by atoms with van der Waals surface area (Å²) < 4.78 is 45.1. The summed E-state index contributed by atoms with van der Waals surface area (Å²) in [4.78, 5) is 41.0. The number of alkyl halides is 2. The number of amides is 2. The summed E-state index contributed by atoms with van der Waals surface area (Å²) in [5.41, 5.74) is 1.76. The Labute approximate surface area is 229 Å². The predicted molar refractivity (Wildman–Crippen MR) is 139 cm³/mol. The lowest BCUT2D eigenvalue weighted by Crippen LogP contribution is -2.25. The van der Waals surface area contributed by atoms with Crippen molar-refractivity contribution in [2.45, 2.75) is 26.4 Å². The Balaban J connectivity index is 1.34. The van der Waals surface area contributed by atoms with E-state index in [1.54, 1.807) is 19.1 Å². The number of carbonyl (C=O) groups excluding carboxylic acids is 2. The summed E-state index contributed by atoms with van der Waals surface area (Å²) in [6, 6.07) is 6.24. The van der Waals surface area contributed by atoms with Crippen LogP contribution < -0.4 is 10.1 Å². The molecule has 0 radical (unpaired) electrons. The van der Waals surface area contributed by atoms with E-state index in [1.807, 2.05) is 0 Å². The molecular formula is C26H19ClF3N5O3S. The zero-order chi connectivity index (χ0) is 27.8. The van der Waals surface area contributed by atoms with Crippen LogP contribution in [0.25, 0.3) is 11.1 Å². The monoisotopic (exact) mass is 573 g/mol. The maximum atomic E-state index is 13.6. The van der Waals surface area contributed by atoms with E-state index in [4.69, 9.17) is 16.3 Å². The van der Waals surface area contributed by atoms with Gasteiger partial charge in [0, 0.05) is 28.6 Å². The van der Waals surface area contributed by atoms with Crippen molar-refractivity contribution in [1.29, 1.82) is 0 Å². The Morgan fingerprint density at radius 2 is 1.92 bits per heavy atom. The molecule has 0 saturated heterocycles. The zero-order valence-electron chi connectivity index (χ0n) is 20.5. The standard InChI is InChI=1S/C26H19ClF3N5O3S/c1-12-5-14(15-7-22(27)32-9-20(15)38-2)17(8-31-12)24(36)34-26-33-19-10-35(11-21(19)39-26)25(37)13-3-4-18(28)16(6-13)23(29)30/h3-9,23H,10-11H2,1-2H3,(H,33,34,36). The molecule has 0 saturated carbocycles. The molecule has 2 amide bonds. The highest BCUT2D eigenvalue weighted by molar-refractivity contribution is 7.16. The van der Waals surface area contributed by atoms with Gasteiger partial charge in [-0.3, -0.25) is 19.9 Å². The number of halogens is 4. The van der Waals surface area contributed by atoms with Crippen LogP contribution in [-0.4, -0.2) is 38.8 Å². The fraction of sp³-hybridized carbons (Fsp3) is 0.192. The van der Waals surface area contributed by atoms with Crippen molar-refractivity contribution in [2.75, 3.05) is 12.4 Å². The second kappa shape index (κ2) is 10.6. The van der Waals surface area contributed by atoms with E-state index in [1.165, 1.54) is 41.8 Å². The van der Waals surface area contributed by atoms with Gasteiger partial charge in [0.25, 0.3) is 18.2 Å². The molecule has 0 spiro atoms. The average molecular weight is 574 g/mol. The summed E-state index contributed by atoms with van der Waals surface area (Å²) in [5.74, 6) is -1.62. The van der Waals surface area contributed by atoms with Gasteiger partial charge in [0.2, 0.25) is 0 Å². The third kappa shape index (κ3) is 5.30. The van der Waals surface area contributed by atoms with E-state index < -0.39 is 29.6 Å². The van der Waals surface area contributed by atoms with Crippen LogP contribution in [0.4, 0.5) is 18.3 Å². The largest absolute Gasteiger partial charge is 0.494 e. The molecule has 1 aliphatic rings. The number of pyridine rings is 2. The molecule has 0 aliphatic carbocycles. The molecule has 8 nitrogen and oxygen atoms in total. The van der Waals surface area contributed by atoms with E-state index in [9.17, 15) is 22.8 Å². The average Bonchev–Trinajstić information content (AvgIpc) is 3.47. The minimum atomic E-state index is -3.04. The number of aromatic nitrogens is 3. The molecule has 4 aromatic rings. The van der Waals surface area contributed by atoms with Crippen LogP contribution >= 0.6 is 22.9 Å². The molecule has 1 aliphatic heterocycles. The second-order valence-electron chi connectivity index (χ2n) is 8.62. The van der Waals surface area contributed by atoms with Gasteiger partial charge in [0.05, 0.1) is 48.1 Å². The number of aryl methyl sites for hydroxylation is 1. The van der Waals surface area contributed by atoms with Gasteiger partial charge in [-0.15, -0.1) is 0 Å². The predicted octanol–water partition coefficient (Wildman–Crippen LogP) is 6.06. The van der Waals surface area contributed by atoms with E-state index in [0.29, 0.717) is 33.4 Å². The Morgan fingerprint density at radius 3 is 2.64 bits per heavy atom. The zero-order valence-corrected chi connectivity index (χ0v) is 22.0. The van der Waals surface area contributed by atoms with Crippen LogP contribution in [0, 0.1) is 12.7 Å². The summed E-state index contributed by atoms with van der Waals surface area (Å²) in [6.07, 6.45) is -0.119. The topological polar surface area (TPSA) is 97.3 Å². The number of hydrogen-bond donors (Lipinski definition) is 1. The first-order valence-electron chi connectivity index (χ1n) is 11.5. The van der Waals surface area contributed by atoms with Gasteiger partial charge in [-0.05, 0) is 37.3 Å². The van der Waals surface area contributed by atoms with Gasteiger partial charge < -0.3 is 9.64 Å². The smallest absolute Gasteiger partial charge is 0.266 e. The Kier molecular flexibility index (Phi) is 7.23. The maximum Gasteiger partial charge on any atom is 0.266 e. The van der Waals surface area contributed by atoms with E-state index >= 15 is 0 Å². The van der Waals surface area contributed by atoms with Crippen LogP contribution in [0.5, 0.6) is 5.75 Å². The van der Waals surface area contributed by atoms with Gasteiger partial charge in [-0.1, -0.05) is 22.9 Å². The number of benzene rings is 1.